The minimum Gasteiger partial charge on any atom is -0.478 e. The molecule has 0 aliphatic heterocycles. The van der Waals surface area contributed by atoms with Gasteiger partial charge in [-0.15, -0.1) is 0 Å². The van der Waals surface area contributed by atoms with Crippen LogP contribution in [0.5, 0.6) is 0 Å². The summed E-state index contributed by atoms with van der Waals surface area (Å²) in [5.74, 6) is -1.17. The van der Waals surface area contributed by atoms with Crippen molar-refractivity contribution in [2.75, 3.05) is 0 Å². The lowest BCUT2D eigenvalue weighted by Crippen LogP contribution is -2.02. The standard InChI is InChI=1S/C7H8ClNO2/c1-4(9)3-6(5(2)8)7(10)11/h3H,1-2,9H2,(H,10,11)/b6-3+. The first-order valence-corrected chi connectivity index (χ1v) is 3.07. The van der Waals surface area contributed by atoms with Crippen molar-refractivity contribution >= 4 is 17.6 Å². The normalized spacial score (nSPS) is 10.8. The third-order valence-corrected chi connectivity index (χ3v) is 1.06. The van der Waals surface area contributed by atoms with Crippen LogP contribution in [0.4, 0.5) is 0 Å². The molecule has 0 heterocycles. The highest BCUT2D eigenvalue weighted by atomic mass is 35.5. The summed E-state index contributed by atoms with van der Waals surface area (Å²) in [4.78, 5) is 10.4. The molecule has 0 aromatic carbocycles. The number of allylic oxidation sites excluding steroid dienone is 1. The van der Waals surface area contributed by atoms with Crippen LogP contribution >= 0.6 is 11.6 Å². The summed E-state index contributed by atoms with van der Waals surface area (Å²) in [6.45, 7) is 6.55. The number of halogens is 1. The summed E-state index contributed by atoms with van der Waals surface area (Å²) in [5, 5.41) is 8.42. The second kappa shape index (κ2) is 3.83. The maximum atomic E-state index is 10.4. The summed E-state index contributed by atoms with van der Waals surface area (Å²) in [6, 6.07) is 0. The van der Waals surface area contributed by atoms with Crippen molar-refractivity contribution in [3.05, 3.63) is 35.5 Å². The van der Waals surface area contributed by atoms with Gasteiger partial charge in [-0.3, -0.25) is 0 Å². The van der Waals surface area contributed by atoms with E-state index in [4.69, 9.17) is 22.4 Å². The predicted octanol–water partition coefficient (Wildman–Crippen LogP) is 1.22. The highest BCUT2D eigenvalue weighted by Gasteiger charge is 2.08. The number of hydrogen-bond acceptors (Lipinski definition) is 2. The SMILES string of the molecule is C=C(N)/C=C(\C(=C)Cl)C(=O)O. The summed E-state index contributed by atoms with van der Waals surface area (Å²) >= 11 is 5.34. The van der Waals surface area contributed by atoms with Gasteiger partial charge in [-0.05, 0) is 6.08 Å². The molecule has 60 valence electrons. The van der Waals surface area contributed by atoms with E-state index in [1.54, 1.807) is 0 Å². The Morgan fingerprint density at radius 2 is 2.00 bits per heavy atom. The van der Waals surface area contributed by atoms with Crippen molar-refractivity contribution in [1.82, 2.24) is 0 Å². The van der Waals surface area contributed by atoms with Crippen LogP contribution in [-0.2, 0) is 4.79 Å². The van der Waals surface area contributed by atoms with Gasteiger partial charge in [-0.1, -0.05) is 24.8 Å². The van der Waals surface area contributed by atoms with Crippen molar-refractivity contribution in [1.29, 1.82) is 0 Å². The third-order valence-electron chi connectivity index (χ3n) is 0.852. The molecule has 0 amide bonds. The van der Waals surface area contributed by atoms with Crippen molar-refractivity contribution in [2.45, 2.75) is 0 Å². The van der Waals surface area contributed by atoms with Crippen LogP contribution in [0.3, 0.4) is 0 Å². The van der Waals surface area contributed by atoms with Crippen molar-refractivity contribution in [3.8, 4) is 0 Å². The van der Waals surface area contributed by atoms with Crippen LogP contribution in [-0.4, -0.2) is 11.1 Å². The Kier molecular flexibility index (Phi) is 3.40. The van der Waals surface area contributed by atoms with E-state index in [-0.39, 0.29) is 16.3 Å². The van der Waals surface area contributed by atoms with Gasteiger partial charge in [0.25, 0.3) is 0 Å². The summed E-state index contributed by atoms with van der Waals surface area (Å²) in [5.41, 5.74) is 5.12. The van der Waals surface area contributed by atoms with E-state index in [1.165, 1.54) is 0 Å². The highest BCUT2D eigenvalue weighted by molar-refractivity contribution is 6.34. The van der Waals surface area contributed by atoms with Gasteiger partial charge in [-0.2, -0.15) is 0 Å². The molecule has 0 radical (unpaired) electrons. The Labute approximate surface area is 69.5 Å². The minimum atomic E-state index is -1.17. The maximum Gasteiger partial charge on any atom is 0.337 e. The smallest absolute Gasteiger partial charge is 0.337 e. The van der Waals surface area contributed by atoms with E-state index >= 15 is 0 Å². The number of aliphatic carboxylic acids is 1. The molecule has 4 heteroatoms. The van der Waals surface area contributed by atoms with E-state index in [1.807, 2.05) is 0 Å². The summed E-state index contributed by atoms with van der Waals surface area (Å²) < 4.78 is 0. The average Bonchev–Trinajstić information content (AvgIpc) is 1.81. The molecular formula is C7H8ClNO2. The Balaban J connectivity index is 4.75. The largest absolute Gasteiger partial charge is 0.478 e. The Morgan fingerprint density at radius 3 is 2.09 bits per heavy atom. The zero-order valence-electron chi connectivity index (χ0n) is 5.80. The van der Waals surface area contributed by atoms with Gasteiger partial charge in [0.15, 0.2) is 0 Å². The number of carbonyl (C=O) groups is 1. The van der Waals surface area contributed by atoms with Crippen LogP contribution < -0.4 is 5.73 Å². The van der Waals surface area contributed by atoms with Gasteiger partial charge < -0.3 is 10.8 Å². The molecule has 0 saturated heterocycles. The van der Waals surface area contributed by atoms with E-state index in [2.05, 4.69) is 13.2 Å². The first-order valence-electron chi connectivity index (χ1n) is 2.69. The third kappa shape index (κ3) is 3.47. The van der Waals surface area contributed by atoms with Gasteiger partial charge in [0, 0.05) is 10.7 Å². The molecule has 0 aliphatic rings. The molecule has 0 aromatic heterocycles. The number of hydrogen-bond donors (Lipinski definition) is 2. The second-order valence-corrected chi connectivity index (χ2v) is 2.30. The molecule has 11 heavy (non-hydrogen) atoms. The van der Waals surface area contributed by atoms with E-state index in [9.17, 15) is 4.79 Å². The van der Waals surface area contributed by atoms with Gasteiger partial charge in [0.05, 0.1) is 5.57 Å². The van der Waals surface area contributed by atoms with E-state index in [0.29, 0.717) is 0 Å². The van der Waals surface area contributed by atoms with Crippen LogP contribution in [0.1, 0.15) is 0 Å². The van der Waals surface area contributed by atoms with Gasteiger partial charge in [-0.25, -0.2) is 4.79 Å². The maximum absolute atomic E-state index is 10.4. The summed E-state index contributed by atoms with van der Waals surface area (Å²) in [7, 11) is 0. The molecule has 0 atom stereocenters. The molecular weight excluding hydrogens is 166 g/mol. The molecule has 0 aliphatic carbocycles. The highest BCUT2D eigenvalue weighted by Crippen LogP contribution is 2.12. The molecule has 0 unspecified atom stereocenters. The molecule has 0 saturated carbocycles. The number of nitrogens with two attached hydrogens (primary N) is 1. The zero-order valence-corrected chi connectivity index (χ0v) is 6.56. The fraction of sp³-hybridized carbons (Fsp3) is 0. The van der Waals surface area contributed by atoms with Gasteiger partial charge in [0.2, 0.25) is 0 Å². The first kappa shape index (κ1) is 9.78. The number of carboxylic acids is 1. The Bertz CT molecular complexity index is 227. The second-order valence-electron chi connectivity index (χ2n) is 1.84. The molecule has 0 aromatic rings. The molecule has 0 spiro atoms. The van der Waals surface area contributed by atoms with Crippen LogP contribution in [0.15, 0.2) is 35.5 Å². The van der Waals surface area contributed by atoms with Crippen molar-refractivity contribution in [2.24, 2.45) is 5.73 Å². The topological polar surface area (TPSA) is 63.3 Å². The fourth-order valence-electron chi connectivity index (χ4n) is 0.441. The quantitative estimate of drug-likeness (QED) is 0.498. The van der Waals surface area contributed by atoms with Gasteiger partial charge in [0.1, 0.15) is 0 Å². The molecule has 3 N–H and O–H groups in total. The lowest BCUT2D eigenvalue weighted by atomic mass is 10.2. The van der Waals surface area contributed by atoms with Crippen LogP contribution in [0, 0.1) is 0 Å². The Morgan fingerprint density at radius 1 is 1.55 bits per heavy atom. The fourth-order valence-corrected chi connectivity index (χ4v) is 0.577. The zero-order chi connectivity index (χ0) is 9.02. The lowest BCUT2D eigenvalue weighted by molar-refractivity contribution is -0.132. The summed E-state index contributed by atoms with van der Waals surface area (Å²) in [6.07, 6.45) is 1.15. The predicted molar refractivity (Wildman–Crippen MR) is 44.0 cm³/mol. The molecule has 0 rings (SSSR count). The average molecular weight is 174 g/mol. The Hall–Kier alpha value is -1.22. The van der Waals surface area contributed by atoms with E-state index < -0.39 is 5.97 Å². The molecule has 3 nitrogen and oxygen atoms in total. The van der Waals surface area contributed by atoms with Crippen LogP contribution in [0.2, 0.25) is 0 Å². The lowest BCUT2D eigenvalue weighted by Gasteiger charge is -1.97. The van der Waals surface area contributed by atoms with Crippen molar-refractivity contribution in [3.63, 3.8) is 0 Å². The van der Waals surface area contributed by atoms with Crippen molar-refractivity contribution < 1.29 is 9.90 Å². The van der Waals surface area contributed by atoms with Crippen LogP contribution in [0.25, 0.3) is 0 Å². The molecule has 0 fully saturated rings. The first-order chi connectivity index (χ1) is 4.95. The monoisotopic (exact) mass is 173 g/mol. The number of carboxylic acid groups (broad SMARTS) is 1. The number of rotatable bonds is 3. The van der Waals surface area contributed by atoms with E-state index in [0.717, 1.165) is 6.08 Å². The molecule has 0 bridgehead atoms. The minimum absolute atomic E-state index is 0.0656. The van der Waals surface area contributed by atoms with Gasteiger partial charge >= 0.3 is 5.97 Å².